The van der Waals surface area contributed by atoms with E-state index in [2.05, 4.69) is 21.2 Å². The largest absolute Gasteiger partial charge is 0.457 e. The molecular weight excluding hydrogens is 373 g/mol. The highest BCUT2D eigenvalue weighted by Crippen LogP contribution is 2.36. The van der Waals surface area contributed by atoms with Gasteiger partial charge in [-0.2, -0.15) is 0 Å². The summed E-state index contributed by atoms with van der Waals surface area (Å²) in [5, 5.41) is 5.49. The van der Waals surface area contributed by atoms with Crippen molar-refractivity contribution in [3.8, 4) is 0 Å². The van der Waals surface area contributed by atoms with Gasteiger partial charge in [-0.05, 0) is 46.7 Å². The molecule has 1 unspecified atom stereocenters. The lowest BCUT2D eigenvalue weighted by atomic mass is 10.0. The van der Waals surface area contributed by atoms with Gasteiger partial charge in [-0.1, -0.05) is 47.5 Å². The van der Waals surface area contributed by atoms with Crippen LogP contribution in [-0.2, 0) is 0 Å². The molecule has 0 spiro atoms. The number of fused-ring (bicyclic) bond motifs is 1. The summed E-state index contributed by atoms with van der Waals surface area (Å²) in [5.74, 6) is 0.778. The van der Waals surface area contributed by atoms with E-state index in [1.165, 1.54) is 0 Å². The summed E-state index contributed by atoms with van der Waals surface area (Å²) >= 11 is 16.0. The van der Waals surface area contributed by atoms with Crippen molar-refractivity contribution in [3.05, 3.63) is 68.3 Å². The van der Waals surface area contributed by atoms with Crippen LogP contribution in [0.15, 0.2) is 51.4 Å². The normalized spacial score (nSPS) is 12.8. The number of furan rings is 1. The van der Waals surface area contributed by atoms with E-state index in [0.29, 0.717) is 15.6 Å². The first-order valence-electron chi connectivity index (χ1n) is 6.41. The molecule has 0 radical (unpaired) electrons. The molecule has 108 valence electrons. The van der Waals surface area contributed by atoms with Gasteiger partial charge in [0, 0.05) is 9.86 Å². The fourth-order valence-electron chi connectivity index (χ4n) is 2.38. The van der Waals surface area contributed by atoms with Gasteiger partial charge in [0.2, 0.25) is 0 Å². The molecule has 0 aliphatic carbocycles. The molecular formula is C16H12BrCl2NO. The first kappa shape index (κ1) is 14.9. The topological polar surface area (TPSA) is 25.2 Å². The van der Waals surface area contributed by atoms with Crippen LogP contribution in [0.5, 0.6) is 0 Å². The minimum absolute atomic E-state index is 0.140. The molecule has 0 saturated carbocycles. The highest BCUT2D eigenvalue weighted by atomic mass is 79.9. The molecule has 0 bridgehead atoms. The van der Waals surface area contributed by atoms with Crippen molar-refractivity contribution in [2.24, 2.45) is 0 Å². The summed E-state index contributed by atoms with van der Waals surface area (Å²) < 4.78 is 6.79. The van der Waals surface area contributed by atoms with Gasteiger partial charge in [0.15, 0.2) is 5.58 Å². The Morgan fingerprint density at radius 1 is 1.14 bits per heavy atom. The van der Waals surface area contributed by atoms with Gasteiger partial charge in [0.25, 0.3) is 0 Å². The van der Waals surface area contributed by atoms with Gasteiger partial charge in [0.1, 0.15) is 5.76 Å². The van der Waals surface area contributed by atoms with Crippen LogP contribution in [0.25, 0.3) is 11.0 Å². The molecule has 0 amide bonds. The Kier molecular flexibility index (Phi) is 4.27. The second kappa shape index (κ2) is 6.01. The zero-order valence-corrected chi connectivity index (χ0v) is 14.3. The van der Waals surface area contributed by atoms with Crippen LogP contribution in [0, 0.1) is 0 Å². The lowest BCUT2D eigenvalue weighted by molar-refractivity contribution is 0.491. The van der Waals surface area contributed by atoms with E-state index in [1.54, 1.807) is 0 Å². The van der Waals surface area contributed by atoms with Crippen LogP contribution in [0.2, 0.25) is 10.0 Å². The van der Waals surface area contributed by atoms with Crippen molar-refractivity contribution in [1.29, 1.82) is 0 Å². The van der Waals surface area contributed by atoms with Crippen LogP contribution in [-0.4, -0.2) is 7.05 Å². The lowest BCUT2D eigenvalue weighted by Gasteiger charge is -2.16. The van der Waals surface area contributed by atoms with Crippen molar-refractivity contribution in [2.45, 2.75) is 6.04 Å². The Bertz CT molecular complexity index is 800. The third-order valence-corrected chi connectivity index (χ3v) is 4.99. The molecule has 1 atom stereocenters. The van der Waals surface area contributed by atoms with E-state index in [0.717, 1.165) is 21.2 Å². The first-order valence-corrected chi connectivity index (χ1v) is 7.96. The predicted octanol–water partition coefficient (Wildman–Crippen LogP) is 5.81. The van der Waals surface area contributed by atoms with Gasteiger partial charge < -0.3 is 9.73 Å². The van der Waals surface area contributed by atoms with Crippen LogP contribution in [0.3, 0.4) is 0 Å². The quantitative estimate of drug-likeness (QED) is 0.616. The zero-order chi connectivity index (χ0) is 15.0. The van der Waals surface area contributed by atoms with Crippen LogP contribution < -0.4 is 5.32 Å². The number of halogens is 3. The Morgan fingerprint density at radius 3 is 2.62 bits per heavy atom. The van der Waals surface area contributed by atoms with Gasteiger partial charge in [-0.15, -0.1) is 0 Å². The zero-order valence-electron chi connectivity index (χ0n) is 11.2. The maximum absolute atomic E-state index is 6.39. The summed E-state index contributed by atoms with van der Waals surface area (Å²) in [4.78, 5) is 0. The molecule has 1 aromatic heterocycles. The first-order chi connectivity index (χ1) is 10.1. The number of hydrogen-bond donors (Lipinski definition) is 1. The molecule has 3 rings (SSSR count). The summed E-state index contributed by atoms with van der Waals surface area (Å²) in [5.41, 5.74) is 1.64. The van der Waals surface area contributed by atoms with Crippen molar-refractivity contribution in [2.75, 3.05) is 7.05 Å². The summed E-state index contributed by atoms with van der Waals surface area (Å²) in [6.45, 7) is 0. The second-order valence-electron chi connectivity index (χ2n) is 4.67. The van der Waals surface area contributed by atoms with E-state index < -0.39 is 0 Å². The molecule has 3 aromatic rings. The molecule has 2 nitrogen and oxygen atoms in total. The molecule has 5 heteroatoms. The van der Waals surface area contributed by atoms with E-state index in [-0.39, 0.29) is 6.04 Å². The predicted molar refractivity (Wildman–Crippen MR) is 91.3 cm³/mol. The van der Waals surface area contributed by atoms with E-state index in [4.69, 9.17) is 27.6 Å². The number of hydrogen-bond acceptors (Lipinski definition) is 2. The summed E-state index contributed by atoms with van der Waals surface area (Å²) in [6, 6.07) is 13.4. The average molecular weight is 385 g/mol. The van der Waals surface area contributed by atoms with E-state index >= 15 is 0 Å². The monoisotopic (exact) mass is 383 g/mol. The maximum Gasteiger partial charge on any atom is 0.152 e. The van der Waals surface area contributed by atoms with Crippen LogP contribution >= 0.6 is 39.1 Å². The van der Waals surface area contributed by atoms with Gasteiger partial charge >= 0.3 is 0 Å². The molecule has 21 heavy (non-hydrogen) atoms. The molecule has 1 N–H and O–H groups in total. The van der Waals surface area contributed by atoms with Crippen LogP contribution in [0.4, 0.5) is 0 Å². The Morgan fingerprint density at radius 2 is 1.90 bits per heavy atom. The lowest BCUT2D eigenvalue weighted by Crippen LogP contribution is -2.17. The summed E-state index contributed by atoms with van der Waals surface area (Å²) in [6.07, 6.45) is 0. The maximum atomic E-state index is 6.39. The van der Waals surface area contributed by atoms with Gasteiger partial charge in [0.05, 0.1) is 16.1 Å². The average Bonchev–Trinajstić information content (AvgIpc) is 2.89. The Balaban J connectivity index is 2.14. The Labute approximate surface area is 141 Å². The van der Waals surface area contributed by atoms with Crippen LogP contribution in [0.1, 0.15) is 17.4 Å². The fourth-order valence-corrected chi connectivity index (χ4v) is 3.22. The number of para-hydroxylation sites is 1. The molecule has 0 aliphatic rings. The number of nitrogens with one attached hydrogen (secondary N) is 1. The standard InChI is InChI=1S/C16H12BrCl2NO/c1-20-15(10-5-3-6-11(17)14(10)19)13-8-9-4-2-7-12(18)16(9)21-13/h2-8,15,20H,1H3. The highest BCUT2D eigenvalue weighted by Gasteiger charge is 2.21. The highest BCUT2D eigenvalue weighted by molar-refractivity contribution is 9.10. The fraction of sp³-hybridized carbons (Fsp3) is 0.125. The molecule has 1 heterocycles. The van der Waals surface area contributed by atoms with Crippen molar-refractivity contribution < 1.29 is 4.42 Å². The van der Waals surface area contributed by atoms with Gasteiger partial charge in [-0.3, -0.25) is 0 Å². The van der Waals surface area contributed by atoms with E-state index in [1.807, 2.05) is 49.5 Å². The van der Waals surface area contributed by atoms with Crippen molar-refractivity contribution in [1.82, 2.24) is 5.32 Å². The smallest absolute Gasteiger partial charge is 0.152 e. The second-order valence-corrected chi connectivity index (χ2v) is 6.31. The minimum Gasteiger partial charge on any atom is -0.457 e. The van der Waals surface area contributed by atoms with E-state index in [9.17, 15) is 0 Å². The molecule has 0 saturated heterocycles. The Hall–Kier alpha value is -1.000. The van der Waals surface area contributed by atoms with Crippen molar-refractivity contribution >= 4 is 50.1 Å². The number of rotatable bonds is 3. The molecule has 0 aliphatic heterocycles. The molecule has 0 fully saturated rings. The third kappa shape index (κ3) is 2.71. The van der Waals surface area contributed by atoms with Gasteiger partial charge in [-0.25, -0.2) is 0 Å². The third-order valence-electron chi connectivity index (χ3n) is 3.38. The molecule has 2 aromatic carbocycles. The number of benzene rings is 2. The van der Waals surface area contributed by atoms with Crippen molar-refractivity contribution in [3.63, 3.8) is 0 Å². The summed E-state index contributed by atoms with van der Waals surface area (Å²) in [7, 11) is 1.87. The SMILES string of the molecule is CNC(c1cc2cccc(Cl)c2o1)c1cccc(Br)c1Cl. The minimum atomic E-state index is -0.140.